The van der Waals surface area contributed by atoms with Crippen molar-refractivity contribution in [3.8, 4) is 11.3 Å². The Hall–Kier alpha value is -4.52. The molecule has 7 rings (SSSR count). The van der Waals surface area contributed by atoms with E-state index in [1.54, 1.807) is 16.5 Å². The van der Waals surface area contributed by atoms with E-state index in [0.717, 1.165) is 36.9 Å². The van der Waals surface area contributed by atoms with Crippen molar-refractivity contribution in [2.75, 3.05) is 11.9 Å². The van der Waals surface area contributed by atoms with Crippen LogP contribution < -0.4 is 15.4 Å². The van der Waals surface area contributed by atoms with Crippen LogP contribution in [0.5, 0.6) is 0 Å². The van der Waals surface area contributed by atoms with E-state index >= 15 is 0 Å². The highest BCUT2D eigenvalue weighted by Gasteiger charge is 2.63. The van der Waals surface area contributed by atoms with Crippen LogP contribution >= 0.6 is 0 Å². The molecular formula is C36H43N7O5S. The van der Waals surface area contributed by atoms with Gasteiger partial charge in [-0.25, -0.2) is 13.1 Å². The first-order valence-electron chi connectivity index (χ1n) is 17.2. The summed E-state index contributed by atoms with van der Waals surface area (Å²) in [7, 11) is -3.93. The van der Waals surface area contributed by atoms with Crippen molar-refractivity contribution >= 4 is 33.4 Å². The molecule has 3 fully saturated rings. The molecule has 0 radical (unpaired) electrons. The summed E-state index contributed by atoms with van der Waals surface area (Å²) in [5.41, 5.74) is 0.967. The molecule has 13 heteroatoms. The van der Waals surface area contributed by atoms with Crippen LogP contribution in [0.2, 0.25) is 0 Å². The third-order valence-electron chi connectivity index (χ3n) is 10.6. The lowest BCUT2D eigenvalue weighted by atomic mass is 10.0. The minimum absolute atomic E-state index is 0.210. The molecule has 3 aromatic rings. The smallest absolute Gasteiger partial charge is 0.259 e. The van der Waals surface area contributed by atoms with Crippen molar-refractivity contribution in [2.45, 2.75) is 93.1 Å². The average Bonchev–Trinajstić information content (AvgIpc) is 3.86. The van der Waals surface area contributed by atoms with Crippen LogP contribution in [0.3, 0.4) is 0 Å². The largest absolute Gasteiger partial charge is 0.374 e. The van der Waals surface area contributed by atoms with E-state index < -0.39 is 44.2 Å². The van der Waals surface area contributed by atoms with Gasteiger partial charge in [0.2, 0.25) is 21.8 Å². The maximum atomic E-state index is 14.5. The molecule has 2 aromatic carbocycles. The Labute approximate surface area is 286 Å². The van der Waals surface area contributed by atoms with E-state index in [1.165, 1.54) is 0 Å². The highest BCUT2D eigenvalue weighted by Crippen LogP contribution is 2.47. The van der Waals surface area contributed by atoms with E-state index in [1.807, 2.05) is 79.0 Å². The van der Waals surface area contributed by atoms with Crippen LogP contribution in [0.4, 0.5) is 5.69 Å². The lowest BCUT2D eigenvalue weighted by molar-refractivity contribution is -0.140. The van der Waals surface area contributed by atoms with Crippen molar-refractivity contribution in [2.24, 2.45) is 5.92 Å². The number of hydrogen-bond acceptors (Lipinski definition) is 8. The molecule has 0 spiro atoms. The van der Waals surface area contributed by atoms with Gasteiger partial charge in [-0.3, -0.25) is 19.1 Å². The third-order valence-corrected chi connectivity index (χ3v) is 12.7. The minimum Gasteiger partial charge on any atom is -0.374 e. The van der Waals surface area contributed by atoms with Gasteiger partial charge in [0, 0.05) is 30.1 Å². The first kappa shape index (κ1) is 33.0. The van der Waals surface area contributed by atoms with Gasteiger partial charge in [-0.05, 0) is 57.6 Å². The van der Waals surface area contributed by atoms with Crippen molar-refractivity contribution in [1.82, 2.24) is 29.9 Å². The topological polar surface area (TPSA) is 155 Å². The second-order valence-corrected chi connectivity index (χ2v) is 16.3. The summed E-state index contributed by atoms with van der Waals surface area (Å²) in [5, 5.41) is 15.1. The Bertz CT molecular complexity index is 1840. The number of carbonyl (C=O) groups excluding carboxylic acids is 3. The van der Waals surface area contributed by atoms with Crippen molar-refractivity contribution in [3.63, 3.8) is 0 Å². The second-order valence-electron chi connectivity index (χ2n) is 14.1. The molecule has 0 bridgehead atoms. The number of rotatable bonds is 7. The predicted octanol–water partition coefficient (Wildman–Crippen LogP) is 3.96. The zero-order valence-electron chi connectivity index (χ0n) is 27.6. The molecule has 12 nitrogen and oxygen atoms in total. The molecule has 1 aromatic heterocycles. The normalized spacial score (nSPS) is 29.0. The van der Waals surface area contributed by atoms with Gasteiger partial charge in [0.1, 0.15) is 23.3 Å². The molecule has 49 heavy (non-hydrogen) atoms. The number of allylic oxidation sites excluding steroid dienone is 1. The Kier molecular flexibility index (Phi) is 8.80. The molecule has 3 amide bonds. The highest BCUT2D eigenvalue weighted by atomic mass is 32.2. The number of anilines is 1. The van der Waals surface area contributed by atoms with Crippen LogP contribution in [0, 0.1) is 5.92 Å². The summed E-state index contributed by atoms with van der Waals surface area (Å²) >= 11 is 0. The fraction of sp³-hybridized carbons (Fsp3) is 0.472. The predicted molar refractivity (Wildman–Crippen MR) is 184 cm³/mol. The molecule has 1 saturated heterocycles. The maximum absolute atomic E-state index is 14.5. The first-order valence-corrected chi connectivity index (χ1v) is 18.7. The summed E-state index contributed by atoms with van der Waals surface area (Å²) in [4.78, 5) is 44.2. The number of aromatic nitrogens is 3. The number of nitrogens with one attached hydrogen (secondary N) is 3. The minimum atomic E-state index is -3.93. The fourth-order valence-electron chi connectivity index (χ4n) is 7.00. The molecule has 258 valence electrons. The van der Waals surface area contributed by atoms with Crippen molar-refractivity contribution in [3.05, 3.63) is 79.0 Å². The molecule has 0 unspecified atom stereocenters. The number of sulfonamides is 1. The van der Waals surface area contributed by atoms with E-state index in [-0.39, 0.29) is 37.3 Å². The van der Waals surface area contributed by atoms with E-state index in [2.05, 4.69) is 25.7 Å². The molecule has 3 heterocycles. The van der Waals surface area contributed by atoms with E-state index in [4.69, 9.17) is 0 Å². The Balaban J connectivity index is 1.20. The van der Waals surface area contributed by atoms with E-state index in [0.29, 0.717) is 25.0 Å². The Morgan fingerprint density at radius 3 is 2.47 bits per heavy atom. The molecule has 5 atom stereocenters. The Morgan fingerprint density at radius 1 is 1.00 bits per heavy atom. The molecule has 2 aliphatic carbocycles. The second kappa shape index (κ2) is 13.1. The van der Waals surface area contributed by atoms with Gasteiger partial charge < -0.3 is 15.5 Å². The molecule has 4 aliphatic rings. The fourth-order valence-corrected chi connectivity index (χ4v) is 8.31. The van der Waals surface area contributed by atoms with Crippen LogP contribution in [-0.4, -0.2) is 74.9 Å². The molecule has 2 saturated carbocycles. The van der Waals surface area contributed by atoms with Crippen molar-refractivity contribution < 1.29 is 22.8 Å². The van der Waals surface area contributed by atoms with Crippen LogP contribution in [0.15, 0.2) is 79.0 Å². The lowest BCUT2D eigenvalue weighted by Gasteiger charge is -2.30. The summed E-state index contributed by atoms with van der Waals surface area (Å²) in [5.74, 6) is -1.79. The van der Waals surface area contributed by atoms with Gasteiger partial charge in [0.05, 0.1) is 17.0 Å². The number of nitrogens with zero attached hydrogens (tertiary/aromatic N) is 4. The van der Waals surface area contributed by atoms with Crippen LogP contribution in [0.25, 0.3) is 11.3 Å². The Morgan fingerprint density at radius 2 is 1.73 bits per heavy atom. The lowest BCUT2D eigenvalue weighted by Crippen LogP contribution is -2.58. The summed E-state index contributed by atoms with van der Waals surface area (Å²) in [6.07, 6.45) is 11.2. The third kappa shape index (κ3) is 6.72. The number of hydrogen-bond donors (Lipinski definition) is 3. The van der Waals surface area contributed by atoms with Gasteiger partial charge in [0.15, 0.2) is 0 Å². The van der Waals surface area contributed by atoms with Crippen molar-refractivity contribution in [1.29, 1.82) is 0 Å². The summed E-state index contributed by atoms with van der Waals surface area (Å²) in [6.45, 7) is 1.84. The quantitative estimate of drug-likeness (QED) is 0.316. The standard InChI is InChI=1S/C36H43N7O5S/c1-35(19-20-35)49(47,48)40-34(46)36-22-26(36)15-9-3-2-4-12-18-29(37-27-16-10-6-11-17-27)33(45)42-23-28(21-31(42)32(44)38-36)43-24-30(39-41-43)25-13-7-5-8-14-25/h5-11,13-17,24,26,28-29,31,37H,2-4,12,18-23H2,1H3,(H,38,44)(H,40,46)/b15-9-/t26-,28-,29+,31+,36-/m1/s1. The molecular weight excluding hydrogens is 643 g/mol. The zero-order chi connectivity index (χ0) is 34.2. The number of fused-ring (bicyclic) bond motifs is 2. The van der Waals surface area contributed by atoms with Crippen LogP contribution in [-0.2, 0) is 24.4 Å². The maximum Gasteiger partial charge on any atom is 0.259 e. The first-order chi connectivity index (χ1) is 23.6. The van der Waals surface area contributed by atoms with E-state index in [9.17, 15) is 22.8 Å². The molecule has 3 N–H and O–H groups in total. The van der Waals surface area contributed by atoms with Gasteiger partial charge in [-0.2, -0.15) is 0 Å². The SMILES string of the molecule is CC1(S(=O)(=O)NC(=O)[C@@]23C[C@H]2/C=C\CCCCC[C@H](Nc2ccccc2)C(=O)N2C[C@H](n4cc(-c5ccccc5)nn4)C[C@H]2C(=O)N3)CC1. The van der Waals surface area contributed by atoms with Gasteiger partial charge in [-0.1, -0.05) is 78.7 Å². The highest BCUT2D eigenvalue weighted by molar-refractivity contribution is 7.91. The van der Waals surface area contributed by atoms with Crippen LogP contribution in [0.1, 0.15) is 70.8 Å². The number of para-hydroxylation sites is 1. The number of amides is 3. The van der Waals surface area contributed by atoms with Gasteiger partial charge in [0.25, 0.3) is 5.91 Å². The summed E-state index contributed by atoms with van der Waals surface area (Å²) in [6, 6.07) is 17.4. The number of benzene rings is 2. The number of carbonyl (C=O) groups is 3. The summed E-state index contributed by atoms with van der Waals surface area (Å²) < 4.78 is 29.2. The van der Waals surface area contributed by atoms with Gasteiger partial charge in [-0.15, -0.1) is 5.10 Å². The van der Waals surface area contributed by atoms with Gasteiger partial charge >= 0.3 is 0 Å². The molecule has 2 aliphatic heterocycles. The average molecular weight is 686 g/mol. The zero-order valence-corrected chi connectivity index (χ0v) is 28.4. The monoisotopic (exact) mass is 685 g/mol.